The third kappa shape index (κ3) is 6.71. The van der Waals surface area contributed by atoms with Crippen molar-refractivity contribution >= 4 is 57.0 Å². The van der Waals surface area contributed by atoms with Crippen LogP contribution in [0.3, 0.4) is 0 Å². The summed E-state index contributed by atoms with van der Waals surface area (Å²) in [5.41, 5.74) is -0.355. The van der Waals surface area contributed by atoms with E-state index in [1.807, 2.05) is 13.8 Å². The number of hydrogen-bond acceptors (Lipinski definition) is 6. The number of aryl methyl sites for hydroxylation is 1. The molecule has 3 atom stereocenters. The number of halogens is 3. The van der Waals surface area contributed by atoms with Crippen LogP contribution in [0.1, 0.15) is 87.0 Å². The van der Waals surface area contributed by atoms with Gasteiger partial charge in [0.15, 0.2) is 5.60 Å². The number of hydrogen-bond donors (Lipinski definition) is 1. The second-order valence-corrected chi connectivity index (χ2v) is 15.2. The Bertz CT molecular complexity index is 1830. The molecule has 0 fully saturated rings. The van der Waals surface area contributed by atoms with Crippen molar-refractivity contribution in [3.8, 4) is 5.75 Å². The van der Waals surface area contributed by atoms with Crippen molar-refractivity contribution in [2.45, 2.75) is 82.7 Å². The van der Waals surface area contributed by atoms with Crippen LogP contribution in [0.4, 0.5) is 10.1 Å². The standard InChI is InChI=1S/C36H41Cl2FN2O6S/c1-7-10-28(26-21-25(39)14-11-22(26)4)36(30-15-12-24(38)20-31(30)40-33(36)43)29(17-18-42)27-19-23(37)13-16-32(27)47-35(8-2,9-3)34(44)41(5)48(6,45)46/h11-16,18-21,28-29H,7-10,17H2,1-6H3,(H,40,43). The maximum Gasteiger partial charge on any atom is 0.279 e. The zero-order valence-corrected chi connectivity index (χ0v) is 30.2. The predicted molar refractivity (Wildman–Crippen MR) is 187 cm³/mol. The summed E-state index contributed by atoms with van der Waals surface area (Å²) in [5.74, 6) is -3.08. The van der Waals surface area contributed by atoms with Crippen molar-refractivity contribution in [1.29, 1.82) is 0 Å². The molecule has 0 spiro atoms. The highest BCUT2D eigenvalue weighted by molar-refractivity contribution is 7.88. The van der Waals surface area contributed by atoms with Crippen molar-refractivity contribution in [2.24, 2.45) is 0 Å². The number of benzene rings is 3. The summed E-state index contributed by atoms with van der Waals surface area (Å²) in [7, 11) is -2.74. The first kappa shape index (κ1) is 37.4. The van der Waals surface area contributed by atoms with E-state index in [0.29, 0.717) is 44.5 Å². The smallest absolute Gasteiger partial charge is 0.279 e. The lowest BCUT2D eigenvalue weighted by Crippen LogP contribution is -2.52. The van der Waals surface area contributed by atoms with Crippen molar-refractivity contribution in [2.75, 3.05) is 18.6 Å². The third-order valence-corrected chi connectivity index (χ3v) is 11.3. The van der Waals surface area contributed by atoms with Gasteiger partial charge in [-0.3, -0.25) is 9.59 Å². The molecular formula is C36H41Cl2FN2O6S. The SMILES string of the molecule is CCCC(c1cc(F)ccc1C)C1(C(CC=O)c2cc(Cl)ccc2OC(CC)(CC)C(=O)N(C)S(C)(=O)=O)C(=O)Nc2cc(Cl)ccc21. The van der Waals surface area contributed by atoms with Gasteiger partial charge >= 0.3 is 0 Å². The van der Waals surface area contributed by atoms with E-state index in [1.54, 1.807) is 56.3 Å². The van der Waals surface area contributed by atoms with Crippen molar-refractivity contribution in [3.05, 3.63) is 92.7 Å². The zero-order chi connectivity index (χ0) is 35.6. The fraction of sp³-hybridized carbons (Fsp3) is 0.417. The lowest BCUT2D eigenvalue weighted by atomic mass is 9.57. The second kappa shape index (κ2) is 14.6. The van der Waals surface area contributed by atoms with E-state index >= 15 is 0 Å². The van der Waals surface area contributed by atoms with Gasteiger partial charge in [-0.15, -0.1) is 0 Å². The number of ether oxygens (including phenoxy) is 1. The molecule has 0 saturated heterocycles. The van der Waals surface area contributed by atoms with Crippen LogP contribution in [0.15, 0.2) is 54.6 Å². The highest BCUT2D eigenvalue weighted by Gasteiger charge is 2.58. The van der Waals surface area contributed by atoms with Crippen LogP contribution >= 0.6 is 23.2 Å². The van der Waals surface area contributed by atoms with Gasteiger partial charge in [0.1, 0.15) is 17.9 Å². The van der Waals surface area contributed by atoms with Gasteiger partial charge in [-0.2, -0.15) is 0 Å². The first-order chi connectivity index (χ1) is 22.6. The summed E-state index contributed by atoms with van der Waals surface area (Å²) in [6.07, 6.45) is 2.75. The molecule has 3 unspecified atom stereocenters. The average molecular weight is 720 g/mol. The van der Waals surface area contributed by atoms with E-state index in [2.05, 4.69) is 5.32 Å². The Labute approximate surface area is 292 Å². The van der Waals surface area contributed by atoms with Gasteiger partial charge in [-0.05, 0) is 85.3 Å². The van der Waals surface area contributed by atoms with E-state index < -0.39 is 50.5 Å². The number of nitrogens with one attached hydrogen (secondary N) is 1. The molecule has 0 radical (unpaired) electrons. The Hall–Kier alpha value is -3.47. The molecule has 2 amide bonds. The van der Waals surface area contributed by atoms with Crippen LogP contribution in [-0.4, -0.2) is 49.7 Å². The Morgan fingerprint density at radius 1 is 1.02 bits per heavy atom. The van der Waals surface area contributed by atoms with Crippen LogP contribution in [0.2, 0.25) is 10.0 Å². The zero-order valence-electron chi connectivity index (χ0n) is 27.9. The normalized spacial score (nSPS) is 17.3. The fourth-order valence-electron chi connectivity index (χ4n) is 7.09. The molecule has 258 valence electrons. The number of carbonyl (C=O) groups excluding carboxylic acids is 3. The van der Waals surface area contributed by atoms with Gasteiger partial charge in [-0.25, -0.2) is 17.1 Å². The summed E-state index contributed by atoms with van der Waals surface area (Å²) < 4.78 is 47.1. The van der Waals surface area contributed by atoms with E-state index in [-0.39, 0.29) is 30.0 Å². The Kier molecular flexibility index (Phi) is 11.3. The number of anilines is 1. The topological polar surface area (TPSA) is 110 Å². The predicted octanol–water partition coefficient (Wildman–Crippen LogP) is 7.94. The molecular weight excluding hydrogens is 678 g/mol. The number of likely N-dealkylation sites (N-methyl/N-ethyl adjacent to an activating group) is 1. The van der Waals surface area contributed by atoms with Crippen LogP contribution in [0.5, 0.6) is 5.75 Å². The van der Waals surface area contributed by atoms with Gasteiger partial charge in [0.25, 0.3) is 5.91 Å². The molecule has 8 nitrogen and oxygen atoms in total. The Morgan fingerprint density at radius 3 is 2.27 bits per heavy atom. The number of nitrogens with zero attached hydrogens (tertiary/aromatic N) is 1. The highest BCUT2D eigenvalue weighted by atomic mass is 35.5. The van der Waals surface area contributed by atoms with Crippen LogP contribution in [0, 0.1) is 12.7 Å². The minimum absolute atomic E-state index is 0.108. The van der Waals surface area contributed by atoms with Crippen LogP contribution in [-0.2, 0) is 29.8 Å². The molecule has 48 heavy (non-hydrogen) atoms. The number of aldehydes is 1. The molecule has 1 aliphatic heterocycles. The molecule has 3 aromatic rings. The number of rotatable bonds is 14. The van der Waals surface area contributed by atoms with E-state index in [4.69, 9.17) is 27.9 Å². The summed E-state index contributed by atoms with van der Waals surface area (Å²) >= 11 is 13.0. The van der Waals surface area contributed by atoms with Gasteiger partial charge in [0.05, 0.1) is 11.7 Å². The number of sulfonamides is 1. The average Bonchev–Trinajstić information content (AvgIpc) is 3.32. The molecule has 1 N–H and O–H groups in total. The number of fused-ring (bicyclic) bond motifs is 1. The van der Waals surface area contributed by atoms with Gasteiger partial charge in [0, 0.05) is 46.6 Å². The van der Waals surface area contributed by atoms with E-state index in [1.165, 1.54) is 19.2 Å². The lowest BCUT2D eigenvalue weighted by Gasteiger charge is -2.44. The first-order valence-electron chi connectivity index (χ1n) is 15.9. The number of amides is 2. The monoisotopic (exact) mass is 718 g/mol. The molecule has 0 bridgehead atoms. The van der Waals surface area contributed by atoms with E-state index in [9.17, 15) is 27.2 Å². The molecule has 4 rings (SSSR count). The highest BCUT2D eigenvalue weighted by Crippen LogP contribution is 2.59. The van der Waals surface area contributed by atoms with Gasteiger partial charge < -0.3 is 14.8 Å². The van der Waals surface area contributed by atoms with Crippen LogP contribution in [0.25, 0.3) is 0 Å². The molecule has 1 heterocycles. The first-order valence-corrected chi connectivity index (χ1v) is 18.5. The Balaban J connectivity index is 2.09. The number of carbonyl (C=O) groups is 3. The fourth-order valence-corrected chi connectivity index (χ4v) is 7.91. The van der Waals surface area contributed by atoms with E-state index in [0.717, 1.165) is 18.1 Å². The second-order valence-electron chi connectivity index (χ2n) is 12.3. The molecule has 3 aromatic carbocycles. The summed E-state index contributed by atoms with van der Waals surface area (Å²) in [6, 6.07) is 14.3. The molecule has 0 aromatic heterocycles. The lowest BCUT2D eigenvalue weighted by molar-refractivity contribution is -0.143. The van der Waals surface area contributed by atoms with Crippen molar-refractivity contribution < 1.29 is 31.9 Å². The van der Waals surface area contributed by atoms with Crippen molar-refractivity contribution in [1.82, 2.24) is 4.31 Å². The molecule has 1 aliphatic rings. The molecule has 0 saturated carbocycles. The molecule has 0 aliphatic carbocycles. The maximum absolute atomic E-state index is 15.0. The molecule has 12 heteroatoms. The largest absolute Gasteiger partial charge is 0.477 e. The van der Waals surface area contributed by atoms with Crippen molar-refractivity contribution in [3.63, 3.8) is 0 Å². The Morgan fingerprint density at radius 2 is 1.67 bits per heavy atom. The summed E-state index contributed by atoms with van der Waals surface area (Å²) in [5, 5.41) is 3.67. The minimum Gasteiger partial charge on any atom is -0.477 e. The minimum atomic E-state index is -3.92. The summed E-state index contributed by atoms with van der Waals surface area (Å²) in [4.78, 5) is 41.3. The van der Waals surface area contributed by atoms with Gasteiger partial charge in [0.2, 0.25) is 15.9 Å². The third-order valence-electron chi connectivity index (χ3n) is 9.64. The summed E-state index contributed by atoms with van der Waals surface area (Å²) in [6.45, 7) is 7.25. The maximum atomic E-state index is 15.0. The van der Waals surface area contributed by atoms with Gasteiger partial charge in [-0.1, -0.05) is 62.5 Å². The van der Waals surface area contributed by atoms with Crippen LogP contribution < -0.4 is 10.1 Å². The quantitative estimate of drug-likeness (QED) is 0.170.